The number of hydrogen-bond donors (Lipinski definition) is 2. The number of aromatic nitrogens is 1. The number of amides is 1. The van der Waals surface area contributed by atoms with Crippen molar-refractivity contribution in [2.45, 2.75) is 6.54 Å². The van der Waals surface area contributed by atoms with Crippen molar-refractivity contribution in [3.63, 3.8) is 0 Å². The molecule has 0 saturated heterocycles. The fourth-order valence-electron chi connectivity index (χ4n) is 1.40. The maximum atomic E-state index is 11.7. The molecule has 7 heteroatoms. The predicted molar refractivity (Wildman–Crippen MR) is 68.8 cm³/mol. The molecule has 1 aromatic heterocycles. The second kappa shape index (κ2) is 5.66. The average Bonchev–Trinajstić information content (AvgIpc) is 2.86. The van der Waals surface area contributed by atoms with E-state index in [9.17, 15) is 9.59 Å². The van der Waals surface area contributed by atoms with Crippen LogP contribution in [-0.2, 0) is 6.54 Å². The third-order valence-electron chi connectivity index (χ3n) is 2.30. The summed E-state index contributed by atoms with van der Waals surface area (Å²) in [6.45, 7) is 0.313. The van der Waals surface area contributed by atoms with Crippen LogP contribution in [0, 0.1) is 0 Å². The van der Waals surface area contributed by atoms with E-state index >= 15 is 0 Å². The van der Waals surface area contributed by atoms with Gasteiger partial charge >= 0.3 is 5.97 Å². The molecule has 0 bridgehead atoms. The van der Waals surface area contributed by atoms with Gasteiger partial charge in [-0.3, -0.25) is 4.79 Å². The van der Waals surface area contributed by atoms with E-state index in [1.807, 2.05) is 24.3 Å². The number of hydrogen-bond acceptors (Lipinski definition) is 4. The quantitative estimate of drug-likeness (QED) is 0.898. The van der Waals surface area contributed by atoms with Crippen molar-refractivity contribution in [3.05, 3.63) is 51.8 Å². The molecule has 0 aliphatic carbocycles. The third-order valence-corrected chi connectivity index (χ3v) is 2.79. The van der Waals surface area contributed by atoms with Crippen molar-refractivity contribution in [3.8, 4) is 0 Å². The Balaban J connectivity index is 1.99. The monoisotopic (exact) mass is 324 g/mol. The van der Waals surface area contributed by atoms with Gasteiger partial charge in [0.25, 0.3) is 5.91 Å². The number of benzene rings is 1. The van der Waals surface area contributed by atoms with Crippen molar-refractivity contribution in [1.82, 2.24) is 10.5 Å². The average molecular weight is 325 g/mol. The van der Waals surface area contributed by atoms with Gasteiger partial charge in [0.1, 0.15) is 0 Å². The van der Waals surface area contributed by atoms with Crippen LogP contribution in [0.15, 0.2) is 39.3 Å². The number of nitrogens with one attached hydrogen (secondary N) is 1. The first-order valence-electron chi connectivity index (χ1n) is 5.29. The minimum Gasteiger partial charge on any atom is -0.475 e. The van der Waals surface area contributed by atoms with E-state index in [1.165, 1.54) is 0 Å². The summed E-state index contributed by atoms with van der Waals surface area (Å²) >= 11 is 3.33. The van der Waals surface area contributed by atoms with Crippen LogP contribution in [0.2, 0.25) is 0 Å². The lowest BCUT2D eigenvalue weighted by atomic mass is 10.2. The predicted octanol–water partition coefficient (Wildman–Crippen LogP) is 2.07. The number of carboxylic acids is 1. The summed E-state index contributed by atoms with van der Waals surface area (Å²) in [5.74, 6) is -2.12. The molecule has 0 aliphatic rings. The normalized spacial score (nSPS) is 10.2. The van der Waals surface area contributed by atoms with E-state index in [1.54, 1.807) is 0 Å². The van der Waals surface area contributed by atoms with Gasteiger partial charge in [-0.15, -0.1) is 0 Å². The number of carboxylic acid groups (broad SMARTS) is 1. The molecule has 0 atom stereocenters. The highest BCUT2D eigenvalue weighted by Crippen LogP contribution is 2.11. The summed E-state index contributed by atoms with van der Waals surface area (Å²) in [5, 5.41) is 14.7. The Morgan fingerprint density at radius 3 is 2.79 bits per heavy atom. The Kier molecular flexibility index (Phi) is 3.96. The molecule has 0 unspecified atom stereocenters. The van der Waals surface area contributed by atoms with Gasteiger partial charge in [0.05, 0.1) is 0 Å². The molecule has 0 aliphatic heterocycles. The van der Waals surface area contributed by atoms with Crippen LogP contribution >= 0.6 is 15.9 Å². The number of aromatic carboxylic acids is 1. The molecule has 6 nitrogen and oxygen atoms in total. The van der Waals surface area contributed by atoms with Gasteiger partial charge in [0.2, 0.25) is 5.76 Å². The smallest absolute Gasteiger partial charge is 0.374 e. The van der Waals surface area contributed by atoms with Gasteiger partial charge in [-0.05, 0) is 17.7 Å². The fraction of sp³-hybridized carbons (Fsp3) is 0.0833. The molecule has 0 spiro atoms. The van der Waals surface area contributed by atoms with Gasteiger partial charge in [-0.1, -0.05) is 33.2 Å². The zero-order valence-corrected chi connectivity index (χ0v) is 11.2. The molecule has 0 saturated carbocycles. The molecule has 2 N–H and O–H groups in total. The van der Waals surface area contributed by atoms with Crippen LogP contribution in [0.4, 0.5) is 0 Å². The van der Waals surface area contributed by atoms with Crippen molar-refractivity contribution in [1.29, 1.82) is 0 Å². The number of carbonyl (C=O) groups is 2. The topological polar surface area (TPSA) is 92.4 Å². The molecular formula is C12H9BrN2O4. The summed E-state index contributed by atoms with van der Waals surface area (Å²) < 4.78 is 5.41. The molecule has 0 radical (unpaired) electrons. The van der Waals surface area contributed by atoms with E-state index in [-0.39, 0.29) is 11.5 Å². The summed E-state index contributed by atoms with van der Waals surface area (Å²) in [4.78, 5) is 22.3. The van der Waals surface area contributed by atoms with E-state index in [0.29, 0.717) is 6.54 Å². The maximum absolute atomic E-state index is 11.7. The van der Waals surface area contributed by atoms with Crippen LogP contribution in [0.5, 0.6) is 0 Å². The summed E-state index contributed by atoms with van der Waals surface area (Å²) in [6, 6.07) is 8.53. The molecule has 2 rings (SSSR count). The van der Waals surface area contributed by atoms with Gasteiger partial charge in [-0.2, -0.15) is 0 Å². The first-order chi connectivity index (χ1) is 9.06. The molecule has 2 aromatic rings. The van der Waals surface area contributed by atoms with Crippen molar-refractivity contribution in [2.24, 2.45) is 0 Å². The Morgan fingerprint density at radius 1 is 1.37 bits per heavy atom. The van der Waals surface area contributed by atoms with E-state index in [2.05, 4.69) is 30.9 Å². The van der Waals surface area contributed by atoms with Crippen molar-refractivity contribution < 1.29 is 19.2 Å². The summed E-state index contributed by atoms with van der Waals surface area (Å²) in [7, 11) is 0. The first kappa shape index (κ1) is 13.3. The Morgan fingerprint density at radius 2 is 2.16 bits per heavy atom. The minimum atomic E-state index is -1.27. The first-order valence-corrected chi connectivity index (χ1v) is 6.08. The highest BCUT2D eigenvalue weighted by atomic mass is 79.9. The van der Waals surface area contributed by atoms with Crippen LogP contribution in [0.3, 0.4) is 0 Å². The lowest BCUT2D eigenvalue weighted by molar-refractivity contribution is 0.0651. The molecule has 1 amide bonds. The number of nitrogens with zero attached hydrogens (tertiary/aromatic N) is 1. The standard InChI is InChI=1S/C12H9BrN2O4/c13-8-3-1-2-7(4-8)6-14-11(16)9-5-10(12(17)18)19-15-9/h1-5H,6H2,(H,14,16)(H,17,18). The minimum absolute atomic E-state index is 0.0626. The molecular weight excluding hydrogens is 316 g/mol. The van der Waals surface area contributed by atoms with Crippen LogP contribution in [0.25, 0.3) is 0 Å². The largest absolute Gasteiger partial charge is 0.475 e. The second-order valence-corrected chi connectivity index (χ2v) is 4.61. The van der Waals surface area contributed by atoms with Crippen LogP contribution in [0.1, 0.15) is 26.6 Å². The highest BCUT2D eigenvalue weighted by Gasteiger charge is 2.16. The number of rotatable bonds is 4. The molecule has 0 fully saturated rings. The zero-order valence-electron chi connectivity index (χ0n) is 9.59. The summed E-state index contributed by atoms with van der Waals surface area (Å²) in [6.07, 6.45) is 0. The molecule has 19 heavy (non-hydrogen) atoms. The third kappa shape index (κ3) is 3.41. The zero-order chi connectivity index (χ0) is 13.8. The Hall–Kier alpha value is -2.15. The Labute approximate surface area is 116 Å². The maximum Gasteiger partial charge on any atom is 0.374 e. The van der Waals surface area contributed by atoms with Gasteiger partial charge < -0.3 is 14.9 Å². The van der Waals surface area contributed by atoms with E-state index < -0.39 is 11.9 Å². The van der Waals surface area contributed by atoms with Gasteiger partial charge in [0, 0.05) is 17.1 Å². The summed E-state index contributed by atoms with van der Waals surface area (Å²) in [5.41, 5.74) is 0.845. The van der Waals surface area contributed by atoms with Crippen LogP contribution in [-0.4, -0.2) is 22.1 Å². The Bertz CT molecular complexity index is 624. The van der Waals surface area contributed by atoms with Gasteiger partial charge in [0.15, 0.2) is 5.69 Å². The highest BCUT2D eigenvalue weighted by molar-refractivity contribution is 9.10. The molecule has 1 heterocycles. The second-order valence-electron chi connectivity index (χ2n) is 3.69. The van der Waals surface area contributed by atoms with Crippen molar-refractivity contribution >= 4 is 27.8 Å². The lowest BCUT2D eigenvalue weighted by Crippen LogP contribution is -2.23. The van der Waals surface area contributed by atoms with E-state index in [4.69, 9.17) is 5.11 Å². The molecule has 1 aromatic carbocycles. The fourth-order valence-corrected chi connectivity index (χ4v) is 1.85. The molecule has 98 valence electrons. The SMILES string of the molecule is O=C(NCc1cccc(Br)c1)c1cc(C(=O)O)on1. The van der Waals surface area contributed by atoms with Crippen molar-refractivity contribution in [2.75, 3.05) is 0 Å². The number of halogens is 1. The van der Waals surface area contributed by atoms with Gasteiger partial charge in [-0.25, -0.2) is 4.79 Å². The van der Waals surface area contributed by atoms with Crippen LogP contribution < -0.4 is 5.32 Å². The number of carbonyl (C=O) groups excluding carboxylic acids is 1. The lowest BCUT2D eigenvalue weighted by Gasteiger charge is -2.03. The van der Waals surface area contributed by atoms with E-state index in [0.717, 1.165) is 16.1 Å².